The number of aryl methyl sites for hydroxylation is 1. The summed E-state index contributed by atoms with van der Waals surface area (Å²) in [6.07, 6.45) is 0.185. The number of halogens is 1. The van der Waals surface area contributed by atoms with E-state index in [9.17, 15) is 9.59 Å². The third-order valence-corrected chi connectivity index (χ3v) is 3.98. The van der Waals surface area contributed by atoms with Crippen molar-refractivity contribution in [3.8, 4) is 0 Å². The topological polar surface area (TPSA) is 64.2 Å². The Balaban J connectivity index is 1.72. The second-order valence-corrected chi connectivity index (χ2v) is 5.62. The summed E-state index contributed by atoms with van der Waals surface area (Å²) in [5.74, 6) is -0.612. The van der Waals surface area contributed by atoms with E-state index in [4.69, 9.17) is 4.42 Å². The second-order valence-electron chi connectivity index (χ2n) is 4.77. The van der Waals surface area contributed by atoms with Gasteiger partial charge in [-0.1, -0.05) is 24.3 Å². The number of nitrogens with zero attached hydrogens (tertiary/aromatic N) is 1. The zero-order chi connectivity index (χ0) is 15.5. The molecule has 0 saturated carbocycles. The number of carbonyl (C=O) groups is 1. The van der Waals surface area contributed by atoms with Crippen molar-refractivity contribution in [2.24, 2.45) is 0 Å². The molecule has 0 unspecified atom stereocenters. The molecule has 1 heterocycles. The predicted molar refractivity (Wildman–Crippen MR) is 87.9 cm³/mol. The van der Waals surface area contributed by atoms with Crippen molar-refractivity contribution < 1.29 is 9.21 Å². The minimum atomic E-state index is -0.449. The number of hydrogen-bond acceptors (Lipinski definition) is 3. The van der Waals surface area contributed by atoms with Crippen LogP contribution in [0.1, 0.15) is 6.42 Å². The van der Waals surface area contributed by atoms with Gasteiger partial charge in [0.15, 0.2) is 5.58 Å². The molecule has 1 aromatic heterocycles. The first-order chi connectivity index (χ1) is 10.6. The first-order valence-electron chi connectivity index (χ1n) is 6.78. The highest BCUT2D eigenvalue weighted by molar-refractivity contribution is 9.10. The van der Waals surface area contributed by atoms with Gasteiger partial charge in [0, 0.05) is 17.4 Å². The molecule has 0 aliphatic rings. The Bertz CT molecular complexity index is 882. The zero-order valence-electron chi connectivity index (χ0n) is 11.6. The van der Waals surface area contributed by atoms with Crippen LogP contribution in [0.4, 0.5) is 5.69 Å². The second kappa shape index (κ2) is 6.19. The number of para-hydroxylation sites is 3. The first kappa shape index (κ1) is 14.6. The van der Waals surface area contributed by atoms with Gasteiger partial charge in [0.2, 0.25) is 5.91 Å². The summed E-state index contributed by atoms with van der Waals surface area (Å²) >= 11 is 3.37. The highest BCUT2D eigenvalue weighted by Crippen LogP contribution is 2.21. The Morgan fingerprint density at radius 2 is 1.86 bits per heavy atom. The van der Waals surface area contributed by atoms with Gasteiger partial charge in [0.1, 0.15) is 0 Å². The van der Waals surface area contributed by atoms with E-state index in [1.165, 1.54) is 4.57 Å². The lowest BCUT2D eigenvalue weighted by atomic mass is 10.3. The molecule has 0 fully saturated rings. The molecule has 0 bridgehead atoms. The van der Waals surface area contributed by atoms with E-state index in [0.717, 1.165) is 4.47 Å². The molecule has 5 nitrogen and oxygen atoms in total. The number of oxazole rings is 1. The Hall–Kier alpha value is -2.34. The molecule has 2 aromatic carbocycles. The molecule has 0 radical (unpaired) electrons. The van der Waals surface area contributed by atoms with Crippen molar-refractivity contribution in [2.75, 3.05) is 5.32 Å². The van der Waals surface area contributed by atoms with Crippen LogP contribution in [0.2, 0.25) is 0 Å². The van der Waals surface area contributed by atoms with Gasteiger partial charge in [-0.25, -0.2) is 4.79 Å². The number of rotatable bonds is 4. The van der Waals surface area contributed by atoms with E-state index in [-0.39, 0.29) is 18.9 Å². The number of nitrogens with one attached hydrogen (secondary N) is 1. The summed E-state index contributed by atoms with van der Waals surface area (Å²) in [6.45, 7) is 0.270. The maximum atomic E-state index is 12.0. The molecule has 22 heavy (non-hydrogen) atoms. The molecular weight excluding hydrogens is 348 g/mol. The van der Waals surface area contributed by atoms with Crippen LogP contribution in [0.15, 0.2) is 62.2 Å². The Kier molecular flexibility index (Phi) is 4.11. The van der Waals surface area contributed by atoms with Gasteiger partial charge >= 0.3 is 5.76 Å². The number of anilines is 1. The molecular formula is C16H13BrN2O3. The highest BCUT2D eigenvalue weighted by Gasteiger charge is 2.11. The van der Waals surface area contributed by atoms with E-state index in [1.807, 2.05) is 24.3 Å². The van der Waals surface area contributed by atoms with Crippen LogP contribution in [0.3, 0.4) is 0 Å². The quantitative estimate of drug-likeness (QED) is 0.775. The summed E-state index contributed by atoms with van der Waals surface area (Å²) in [5.41, 5.74) is 1.93. The monoisotopic (exact) mass is 360 g/mol. The summed E-state index contributed by atoms with van der Waals surface area (Å²) in [5, 5.41) is 2.81. The molecule has 0 aliphatic carbocycles. The third-order valence-electron chi connectivity index (χ3n) is 3.28. The van der Waals surface area contributed by atoms with E-state index in [0.29, 0.717) is 16.8 Å². The Morgan fingerprint density at radius 3 is 2.68 bits per heavy atom. The summed E-state index contributed by atoms with van der Waals surface area (Å²) < 4.78 is 7.42. The Morgan fingerprint density at radius 1 is 1.14 bits per heavy atom. The van der Waals surface area contributed by atoms with Gasteiger partial charge in [0.05, 0.1) is 11.2 Å². The van der Waals surface area contributed by atoms with E-state index >= 15 is 0 Å². The maximum Gasteiger partial charge on any atom is 0.419 e. The highest BCUT2D eigenvalue weighted by atomic mass is 79.9. The van der Waals surface area contributed by atoms with Crippen LogP contribution in [0.25, 0.3) is 11.1 Å². The number of fused-ring (bicyclic) bond motifs is 1. The summed E-state index contributed by atoms with van der Waals surface area (Å²) in [7, 11) is 0. The van der Waals surface area contributed by atoms with Crippen LogP contribution in [0, 0.1) is 0 Å². The smallest absolute Gasteiger partial charge is 0.408 e. The fourth-order valence-electron chi connectivity index (χ4n) is 2.21. The lowest BCUT2D eigenvalue weighted by molar-refractivity contribution is -0.116. The molecule has 112 valence electrons. The van der Waals surface area contributed by atoms with Crippen molar-refractivity contribution in [1.29, 1.82) is 0 Å². The van der Waals surface area contributed by atoms with Crippen molar-refractivity contribution in [3.63, 3.8) is 0 Å². The van der Waals surface area contributed by atoms with Gasteiger partial charge in [-0.2, -0.15) is 0 Å². The average Bonchev–Trinajstić information content (AvgIpc) is 2.83. The lowest BCUT2D eigenvalue weighted by Crippen LogP contribution is -2.19. The zero-order valence-corrected chi connectivity index (χ0v) is 13.2. The van der Waals surface area contributed by atoms with Gasteiger partial charge in [-0.05, 0) is 40.2 Å². The molecule has 0 atom stereocenters. The fourth-order valence-corrected chi connectivity index (χ4v) is 2.60. The van der Waals surface area contributed by atoms with Crippen molar-refractivity contribution in [1.82, 2.24) is 4.57 Å². The fraction of sp³-hybridized carbons (Fsp3) is 0.125. The SMILES string of the molecule is O=C(CCn1c(=O)oc2ccccc21)Nc1ccccc1Br. The predicted octanol–water partition coefficient (Wildman–Crippen LogP) is 3.39. The summed E-state index contributed by atoms with van der Waals surface area (Å²) in [4.78, 5) is 23.9. The summed E-state index contributed by atoms with van der Waals surface area (Å²) in [6, 6.07) is 14.5. The molecule has 3 rings (SSSR count). The molecule has 3 aromatic rings. The van der Waals surface area contributed by atoms with Crippen molar-refractivity contribution in [3.05, 3.63) is 63.6 Å². The minimum Gasteiger partial charge on any atom is -0.408 e. The first-order valence-corrected chi connectivity index (χ1v) is 7.57. The van der Waals surface area contributed by atoms with Crippen LogP contribution in [-0.2, 0) is 11.3 Å². The van der Waals surface area contributed by atoms with Gasteiger partial charge in [-0.15, -0.1) is 0 Å². The van der Waals surface area contributed by atoms with Crippen LogP contribution in [-0.4, -0.2) is 10.5 Å². The molecule has 0 spiro atoms. The number of benzene rings is 2. The number of hydrogen-bond donors (Lipinski definition) is 1. The van der Waals surface area contributed by atoms with Crippen molar-refractivity contribution >= 4 is 38.6 Å². The van der Waals surface area contributed by atoms with Gasteiger partial charge in [0.25, 0.3) is 0 Å². The molecule has 0 aliphatic heterocycles. The molecule has 1 amide bonds. The Labute approximate surface area is 134 Å². The van der Waals surface area contributed by atoms with Gasteiger partial charge in [-0.3, -0.25) is 9.36 Å². The number of carbonyl (C=O) groups excluding carboxylic acids is 1. The van der Waals surface area contributed by atoms with Crippen LogP contribution in [0.5, 0.6) is 0 Å². The normalized spacial score (nSPS) is 10.8. The van der Waals surface area contributed by atoms with Crippen molar-refractivity contribution in [2.45, 2.75) is 13.0 Å². The van der Waals surface area contributed by atoms with E-state index in [2.05, 4.69) is 21.2 Å². The minimum absolute atomic E-state index is 0.163. The standard InChI is InChI=1S/C16H13BrN2O3/c17-11-5-1-2-6-12(11)18-15(20)9-10-19-13-7-3-4-8-14(13)22-16(19)21/h1-8H,9-10H2,(H,18,20). The number of amides is 1. The molecule has 0 saturated heterocycles. The molecule has 1 N–H and O–H groups in total. The maximum absolute atomic E-state index is 12.0. The van der Waals surface area contributed by atoms with E-state index in [1.54, 1.807) is 24.3 Å². The lowest BCUT2D eigenvalue weighted by Gasteiger charge is -2.07. The van der Waals surface area contributed by atoms with E-state index < -0.39 is 5.76 Å². The number of aromatic nitrogens is 1. The average molecular weight is 361 g/mol. The largest absolute Gasteiger partial charge is 0.419 e. The van der Waals surface area contributed by atoms with Gasteiger partial charge < -0.3 is 9.73 Å². The van der Waals surface area contributed by atoms with Crippen LogP contribution >= 0.6 is 15.9 Å². The third kappa shape index (κ3) is 2.96. The molecule has 6 heteroatoms. The van der Waals surface area contributed by atoms with Crippen LogP contribution < -0.4 is 11.1 Å².